The number of para-hydroxylation sites is 1. The Labute approximate surface area is 139 Å². The van der Waals surface area contributed by atoms with Gasteiger partial charge in [0.05, 0.1) is 37.5 Å². The summed E-state index contributed by atoms with van der Waals surface area (Å²) in [6.07, 6.45) is 3.97. The summed E-state index contributed by atoms with van der Waals surface area (Å²) in [4.78, 5) is 9.87. The van der Waals surface area contributed by atoms with Crippen molar-refractivity contribution in [3.05, 3.63) is 47.8 Å². The lowest BCUT2D eigenvalue weighted by Crippen LogP contribution is -2.43. The highest BCUT2D eigenvalue weighted by Crippen LogP contribution is 2.17. The van der Waals surface area contributed by atoms with Gasteiger partial charge in [-0.1, -0.05) is 6.07 Å². The number of hydrogen-bond acceptors (Lipinski definition) is 4. The number of benzene rings is 1. The Hall–Kier alpha value is -2.25. The van der Waals surface area contributed by atoms with Crippen LogP contribution in [0.25, 0.3) is 11.0 Å². The molecule has 1 saturated heterocycles. The Morgan fingerprint density at radius 3 is 3.12 bits per heavy atom. The number of ether oxygens (including phenoxy) is 1. The zero-order valence-electron chi connectivity index (χ0n) is 13.6. The van der Waals surface area contributed by atoms with Crippen LogP contribution in [0, 0.1) is 12.7 Å². The van der Waals surface area contributed by atoms with Crippen LogP contribution in [0.15, 0.2) is 30.6 Å². The molecule has 24 heavy (non-hydrogen) atoms. The second kappa shape index (κ2) is 6.33. The molecule has 3 aromatic rings. The Morgan fingerprint density at radius 2 is 2.33 bits per heavy atom. The number of halogens is 1. The average Bonchev–Trinajstić information content (AvgIpc) is 3.14. The first-order valence-corrected chi connectivity index (χ1v) is 8.13. The van der Waals surface area contributed by atoms with Crippen LogP contribution in [0.4, 0.5) is 4.39 Å². The van der Waals surface area contributed by atoms with Gasteiger partial charge >= 0.3 is 0 Å². The minimum atomic E-state index is -0.288. The number of H-pyrrole nitrogens is 1. The largest absolute Gasteiger partial charge is 0.374 e. The van der Waals surface area contributed by atoms with Crippen molar-refractivity contribution in [1.29, 1.82) is 0 Å². The molecule has 1 aromatic carbocycles. The first kappa shape index (κ1) is 15.3. The maximum absolute atomic E-state index is 13.8. The Bertz CT molecular complexity index is 842. The summed E-state index contributed by atoms with van der Waals surface area (Å²) >= 11 is 0. The fourth-order valence-corrected chi connectivity index (χ4v) is 3.14. The van der Waals surface area contributed by atoms with Crippen LogP contribution in [0.1, 0.15) is 11.4 Å². The Balaban J connectivity index is 1.42. The zero-order valence-corrected chi connectivity index (χ0v) is 13.6. The van der Waals surface area contributed by atoms with Crippen LogP contribution >= 0.6 is 0 Å². The number of imidazole rings is 1. The minimum absolute atomic E-state index is 0.0964. The predicted molar refractivity (Wildman–Crippen MR) is 88.0 cm³/mol. The summed E-state index contributed by atoms with van der Waals surface area (Å²) in [5, 5.41) is 4.32. The number of aromatic nitrogens is 4. The Morgan fingerprint density at radius 1 is 1.42 bits per heavy atom. The van der Waals surface area contributed by atoms with Crippen LogP contribution in [-0.4, -0.2) is 50.4 Å². The van der Waals surface area contributed by atoms with E-state index in [1.54, 1.807) is 6.07 Å². The molecule has 6 nitrogen and oxygen atoms in total. The van der Waals surface area contributed by atoms with Crippen LogP contribution in [0.3, 0.4) is 0 Å². The summed E-state index contributed by atoms with van der Waals surface area (Å²) in [6.45, 7) is 5.75. The number of fused-ring (bicyclic) bond motifs is 1. The molecular formula is C17H20FN5O. The molecule has 1 fully saturated rings. The van der Waals surface area contributed by atoms with E-state index in [1.165, 1.54) is 6.07 Å². The molecule has 0 amide bonds. The molecule has 1 atom stereocenters. The molecule has 0 bridgehead atoms. The van der Waals surface area contributed by atoms with E-state index < -0.39 is 0 Å². The van der Waals surface area contributed by atoms with E-state index >= 15 is 0 Å². The molecule has 0 aliphatic carbocycles. The van der Waals surface area contributed by atoms with Gasteiger partial charge in [0.25, 0.3) is 0 Å². The molecule has 2 aromatic heterocycles. The molecular weight excluding hydrogens is 309 g/mol. The number of rotatable bonds is 4. The second-order valence-corrected chi connectivity index (χ2v) is 6.29. The lowest BCUT2D eigenvalue weighted by atomic mass is 10.2. The maximum atomic E-state index is 13.8. The molecule has 3 heterocycles. The van der Waals surface area contributed by atoms with Gasteiger partial charge in [-0.05, 0) is 24.6 Å². The van der Waals surface area contributed by atoms with Crippen molar-refractivity contribution in [3.63, 3.8) is 0 Å². The highest BCUT2D eigenvalue weighted by molar-refractivity contribution is 5.75. The van der Waals surface area contributed by atoms with E-state index in [1.807, 2.05) is 30.1 Å². The highest BCUT2D eigenvalue weighted by Gasteiger charge is 2.22. The quantitative estimate of drug-likeness (QED) is 0.796. The first-order chi connectivity index (χ1) is 11.7. The van der Waals surface area contributed by atoms with E-state index in [0.717, 1.165) is 36.5 Å². The van der Waals surface area contributed by atoms with Gasteiger partial charge < -0.3 is 9.72 Å². The number of morpholine rings is 1. The van der Waals surface area contributed by atoms with E-state index in [-0.39, 0.29) is 11.9 Å². The number of nitrogens with one attached hydrogen (secondary N) is 1. The van der Waals surface area contributed by atoms with Crippen molar-refractivity contribution in [1.82, 2.24) is 24.6 Å². The van der Waals surface area contributed by atoms with Crippen LogP contribution in [0.5, 0.6) is 0 Å². The van der Waals surface area contributed by atoms with E-state index in [9.17, 15) is 4.39 Å². The fraction of sp³-hybridized carbons (Fsp3) is 0.412. The minimum Gasteiger partial charge on any atom is -0.374 e. The zero-order chi connectivity index (χ0) is 16.5. The average molecular weight is 329 g/mol. The summed E-state index contributed by atoms with van der Waals surface area (Å²) in [6, 6.07) is 4.97. The molecule has 126 valence electrons. The first-order valence-electron chi connectivity index (χ1n) is 8.13. The molecule has 1 aliphatic rings. The SMILES string of the molecule is Cc1cnn(C[C@@H]2CN(Cc3nc4c(F)cccc4[nH]3)CCO2)c1. The fourth-order valence-electron chi connectivity index (χ4n) is 3.14. The van der Waals surface area contributed by atoms with Crippen LogP contribution < -0.4 is 0 Å². The van der Waals surface area contributed by atoms with Gasteiger partial charge in [0.1, 0.15) is 11.3 Å². The van der Waals surface area contributed by atoms with Gasteiger partial charge in [-0.3, -0.25) is 9.58 Å². The van der Waals surface area contributed by atoms with Crippen molar-refractivity contribution < 1.29 is 9.13 Å². The molecule has 1 N–H and O–H groups in total. The molecule has 0 saturated carbocycles. The van der Waals surface area contributed by atoms with Gasteiger partial charge in [-0.25, -0.2) is 9.37 Å². The van der Waals surface area contributed by atoms with Crippen LogP contribution in [0.2, 0.25) is 0 Å². The smallest absolute Gasteiger partial charge is 0.151 e. The third-order valence-corrected chi connectivity index (χ3v) is 4.26. The number of aromatic amines is 1. The van der Waals surface area contributed by atoms with Crippen LogP contribution in [-0.2, 0) is 17.8 Å². The lowest BCUT2D eigenvalue weighted by molar-refractivity contribution is -0.0408. The third kappa shape index (κ3) is 3.18. The van der Waals surface area contributed by atoms with Crippen molar-refractivity contribution in [2.24, 2.45) is 0 Å². The summed E-state index contributed by atoms with van der Waals surface area (Å²) < 4.78 is 21.5. The van der Waals surface area contributed by atoms with Gasteiger partial charge in [-0.2, -0.15) is 5.10 Å². The lowest BCUT2D eigenvalue weighted by Gasteiger charge is -2.32. The summed E-state index contributed by atoms with van der Waals surface area (Å²) in [5.74, 6) is 0.495. The molecule has 1 aliphatic heterocycles. The number of hydrogen-bond donors (Lipinski definition) is 1. The summed E-state index contributed by atoms with van der Waals surface area (Å²) in [5.41, 5.74) is 2.29. The van der Waals surface area contributed by atoms with E-state index in [2.05, 4.69) is 20.0 Å². The normalized spacial score (nSPS) is 19.2. The van der Waals surface area contributed by atoms with Crippen molar-refractivity contribution in [2.45, 2.75) is 26.1 Å². The molecule has 0 unspecified atom stereocenters. The van der Waals surface area contributed by atoms with Crippen molar-refractivity contribution >= 4 is 11.0 Å². The number of nitrogens with zero attached hydrogens (tertiary/aromatic N) is 4. The molecule has 0 radical (unpaired) electrons. The second-order valence-electron chi connectivity index (χ2n) is 6.29. The van der Waals surface area contributed by atoms with E-state index in [0.29, 0.717) is 18.7 Å². The maximum Gasteiger partial charge on any atom is 0.151 e. The number of aryl methyl sites for hydroxylation is 1. The predicted octanol–water partition coefficient (Wildman–Crippen LogP) is 2.11. The topological polar surface area (TPSA) is 59.0 Å². The van der Waals surface area contributed by atoms with E-state index in [4.69, 9.17) is 4.74 Å². The highest BCUT2D eigenvalue weighted by atomic mass is 19.1. The third-order valence-electron chi connectivity index (χ3n) is 4.26. The molecule has 0 spiro atoms. The van der Waals surface area contributed by atoms with Crippen molar-refractivity contribution in [3.8, 4) is 0 Å². The van der Waals surface area contributed by atoms with Crippen molar-refractivity contribution in [2.75, 3.05) is 19.7 Å². The Kier molecular flexibility index (Phi) is 4.03. The molecule has 4 rings (SSSR count). The standard InChI is InChI=1S/C17H20FN5O/c1-12-7-19-23(8-12)10-13-9-22(5-6-24-13)11-16-20-15-4-2-3-14(18)17(15)21-16/h2-4,7-8,13H,5-6,9-11H2,1H3,(H,20,21)/t13-/m0/s1. The molecule has 7 heteroatoms. The monoisotopic (exact) mass is 329 g/mol. The van der Waals surface area contributed by atoms with Gasteiger partial charge in [0, 0.05) is 19.3 Å². The van der Waals surface area contributed by atoms with Gasteiger partial charge in [-0.15, -0.1) is 0 Å². The summed E-state index contributed by atoms with van der Waals surface area (Å²) in [7, 11) is 0. The van der Waals surface area contributed by atoms with Gasteiger partial charge in [0.15, 0.2) is 5.82 Å². The van der Waals surface area contributed by atoms with Gasteiger partial charge in [0.2, 0.25) is 0 Å².